The summed E-state index contributed by atoms with van der Waals surface area (Å²) in [4.78, 5) is 11.5. The number of rotatable bonds is 3. The molecule has 4 aliphatic carbocycles. The van der Waals surface area contributed by atoms with Crippen LogP contribution < -0.4 is 0 Å². The minimum absolute atomic E-state index is 0.0790. The van der Waals surface area contributed by atoms with Crippen LogP contribution in [0.2, 0.25) is 18.1 Å². The van der Waals surface area contributed by atoms with Gasteiger partial charge < -0.3 is 9.16 Å². The first-order valence-electron chi connectivity index (χ1n) is 12.5. The van der Waals surface area contributed by atoms with Gasteiger partial charge in [0.15, 0.2) is 8.32 Å². The zero-order chi connectivity index (χ0) is 22.8. The molecule has 6 atom stereocenters. The quantitative estimate of drug-likeness (QED) is 0.262. The fraction of sp³-hybridized carbons (Fsp3) is 0.815. The third-order valence-electron chi connectivity index (χ3n) is 9.96. The molecule has 4 rings (SSSR count). The first-order chi connectivity index (χ1) is 14.3. The maximum atomic E-state index is 11.5. The summed E-state index contributed by atoms with van der Waals surface area (Å²) < 4.78 is 12.6. The summed E-state index contributed by atoms with van der Waals surface area (Å²) in [7, 11) is -1.79. The highest BCUT2D eigenvalue weighted by atomic mass is 28.4. The number of carbonyl (C=O) groups is 1. The van der Waals surface area contributed by atoms with Gasteiger partial charge in [-0.1, -0.05) is 57.9 Å². The molecule has 0 aromatic rings. The van der Waals surface area contributed by atoms with E-state index in [-0.39, 0.29) is 27.9 Å². The van der Waals surface area contributed by atoms with E-state index in [1.165, 1.54) is 19.8 Å². The van der Waals surface area contributed by atoms with Crippen LogP contribution in [-0.4, -0.2) is 26.5 Å². The van der Waals surface area contributed by atoms with Gasteiger partial charge in [0.2, 0.25) is 0 Å². The Kier molecular flexibility index (Phi) is 5.70. The molecule has 0 heterocycles. The standard InChI is InChI=1S/C27H44O3Si/c1-18(28)29-20-13-15-26(5)19(17-20)9-10-21-22-11-12-24(27(22,6)16-14-23(21)26)30-31(7,8)25(2,3)4/h9,11,20-21,23-24H,10,12-17H2,1-8H3. The molecule has 2 fully saturated rings. The van der Waals surface area contributed by atoms with E-state index >= 15 is 0 Å². The number of hydrogen-bond acceptors (Lipinski definition) is 3. The normalized spacial score (nSPS) is 40.3. The fourth-order valence-electron chi connectivity index (χ4n) is 6.98. The van der Waals surface area contributed by atoms with E-state index in [1.807, 2.05) is 0 Å². The van der Waals surface area contributed by atoms with Gasteiger partial charge in [0, 0.05) is 18.8 Å². The molecule has 0 saturated heterocycles. The zero-order valence-electron chi connectivity index (χ0n) is 21.1. The van der Waals surface area contributed by atoms with Crippen LogP contribution in [0.1, 0.15) is 86.5 Å². The molecule has 0 bridgehead atoms. The molecule has 4 heteroatoms. The number of carbonyl (C=O) groups excluding carboxylic acids is 1. The van der Waals surface area contributed by atoms with E-state index in [0.29, 0.717) is 12.0 Å². The summed E-state index contributed by atoms with van der Waals surface area (Å²) in [6.45, 7) is 18.4. The van der Waals surface area contributed by atoms with E-state index in [2.05, 4.69) is 59.9 Å². The molecule has 174 valence electrons. The molecular weight excluding hydrogens is 400 g/mol. The Morgan fingerprint density at radius 2 is 1.74 bits per heavy atom. The van der Waals surface area contributed by atoms with Crippen LogP contribution in [0.25, 0.3) is 0 Å². The SMILES string of the molecule is CC(=O)OC1CCC2(C)C(=CCC3C4=CCC(O[Si](C)(C)C(C)(C)C)C4(C)CCC32)C1. The summed E-state index contributed by atoms with van der Waals surface area (Å²) in [5.74, 6) is 1.24. The molecule has 0 aromatic heterocycles. The van der Waals surface area contributed by atoms with Gasteiger partial charge in [-0.25, -0.2) is 0 Å². The lowest BCUT2D eigenvalue weighted by molar-refractivity contribution is -0.148. The summed E-state index contributed by atoms with van der Waals surface area (Å²) in [5.41, 5.74) is 3.72. The van der Waals surface area contributed by atoms with Crippen molar-refractivity contribution in [1.29, 1.82) is 0 Å². The predicted octanol–water partition coefficient (Wildman–Crippen LogP) is 7.19. The monoisotopic (exact) mass is 444 g/mol. The topological polar surface area (TPSA) is 35.5 Å². The molecule has 4 aliphatic rings. The fourth-order valence-corrected chi connectivity index (χ4v) is 8.40. The Labute approximate surface area is 191 Å². The van der Waals surface area contributed by atoms with Crippen LogP contribution >= 0.6 is 0 Å². The van der Waals surface area contributed by atoms with Gasteiger partial charge in [-0.2, -0.15) is 0 Å². The third kappa shape index (κ3) is 3.80. The molecule has 6 unspecified atom stereocenters. The highest BCUT2D eigenvalue weighted by Gasteiger charge is 2.57. The largest absolute Gasteiger partial charge is 0.462 e. The average Bonchev–Trinajstić information content (AvgIpc) is 2.96. The van der Waals surface area contributed by atoms with Crippen molar-refractivity contribution in [1.82, 2.24) is 0 Å². The van der Waals surface area contributed by atoms with Gasteiger partial charge in [0.05, 0.1) is 6.10 Å². The highest BCUT2D eigenvalue weighted by Crippen LogP contribution is 2.64. The summed E-state index contributed by atoms with van der Waals surface area (Å²) in [5, 5.41) is 0.250. The molecule has 31 heavy (non-hydrogen) atoms. The Morgan fingerprint density at radius 1 is 1.06 bits per heavy atom. The van der Waals surface area contributed by atoms with Crippen LogP contribution in [0.15, 0.2) is 23.3 Å². The van der Waals surface area contributed by atoms with Crippen LogP contribution in [0.5, 0.6) is 0 Å². The lowest BCUT2D eigenvalue weighted by Gasteiger charge is -2.57. The van der Waals surface area contributed by atoms with Crippen molar-refractivity contribution in [2.45, 2.75) is 117 Å². The van der Waals surface area contributed by atoms with E-state index in [0.717, 1.165) is 38.0 Å². The van der Waals surface area contributed by atoms with Gasteiger partial charge in [0.25, 0.3) is 0 Å². The molecular formula is C27H44O3Si. The van der Waals surface area contributed by atoms with Gasteiger partial charge >= 0.3 is 5.97 Å². The molecule has 0 amide bonds. The maximum absolute atomic E-state index is 11.5. The van der Waals surface area contributed by atoms with Gasteiger partial charge in [0.1, 0.15) is 6.10 Å². The molecule has 3 nitrogen and oxygen atoms in total. The molecule has 0 spiro atoms. The van der Waals surface area contributed by atoms with Crippen molar-refractivity contribution in [2.24, 2.45) is 22.7 Å². The zero-order valence-corrected chi connectivity index (χ0v) is 22.1. The van der Waals surface area contributed by atoms with Crippen molar-refractivity contribution >= 4 is 14.3 Å². The second kappa shape index (κ2) is 7.58. The van der Waals surface area contributed by atoms with Crippen molar-refractivity contribution in [3.8, 4) is 0 Å². The molecule has 0 aromatic carbocycles. The predicted molar refractivity (Wildman–Crippen MR) is 129 cm³/mol. The number of ether oxygens (including phenoxy) is 1. The van der Waals surface area contributed by atoms with Crippen molar-refractivity contribution in [3.05, 3.63) is 23.3 Å². The van der Waals surface area contributed by atoms with E-state index in [1.54, 1.807) is 11.1 Å². The van der Waals surface area contributed by atoms with Crippen molar-refractivity contribution < 1.29 is 14.0 Å². The number of esters is 1. The smallest absolute Gasteiger partial charge is 0.302 e. The first kappa shape index (κ1) is 23.3. The Bertz CT molecular complexity index is 804. The third-order valence-corrected chi connectivity index (χ3v) is 14.4. The number of hydrogen-bond donors (Lipinski definition) is 0. The van der Waals surface area contributed by atoms with E-state index < -0.39 is 8.32 Å². The summed E-state index contributed by atoms with van der Waals surface area (Å²) >= 11 is 0. The Hall–Kier alpha value is -0.873. The van der Waals surface area contributed by atoms with Crippen LogP contribution in [0.3, 0.4) is 0 Å². The van der Waals surface area contributed by atoms with Gasteiger partial charge in [-0.15, -0.1) is 0 Å². The van der Waals surface area contributed by atoms with Crippen LogP contribution in [-0.2, 0) is 14.0 Å². The van der Waals surface area contributed by atoms with Gasteiger partial charge in [-0.3, -0.25) is 4.79 Å². The second-order valence-corrected chi connectivity index (χ2v) is 17.5. The first-order valence-corrected chi connectivity index (χ1v) is 15.4. The minimum Gasteiger partial charge on any atom is -0.462 e. The minimum atomic E-state index is -1.79. The maximum Gasteiger partial charge on any atom is 0.302 e. The Balaban J connectivity index is 1.55. The van der Waals surface area contributed by atoms with Crippen molar-refractivity contribution in [3.63, 3.8) is 0 Å². The van der Waals surface area contributed by atoms with Crippen LogP contribution in [0, 0.1) is 22.7 Å². The average molecular weight is 445 g/mol. The highest BCUT2D eigenvalue weighted by molar-refractivity contribution is 6.74. The second-order valence-electron chi connectivity index (χ2n) is 12.8. The molecule has 2 saturated carbocycles. The van der Waals surface area contributed by atoms with Crippen molar-refractivity contribution in [2.75, 3.05) is 0 Å². The number of fused-ring (bicyclic) bond motifs is 5. The van der Waals surface area contributed by atoms with E-state index in [9.17, 15) is 4.79 Å². The summed E-state index contributed by atoms with van der Waals surface area (Å²) in [6.07, 6.45) is 13.4. The molecule has 0 radical (unpaired) electrons. The van der Waals surface area contributed by atoms with Crippen LogP contribution in [0.4, 0.5) is 0 Å². The van der Waals surface area contributed by atoms with E-state index in [4.69, 9.17) is 9.16 Å². The summed E-state index contributed by atoms with van der Waals surface area (Å²) in [6, 6.07) is 0. The lowest BCUT2D eigenvalue weighted by atomic mass is 9.49. The van der Waals surface area contributed by atoms with Gasteiger partial charge in [-0.05, 0) is 73.9 Å². The molecule has 0 aliphatic heterocycles. The number of allylic oxidation sites excluding steroid dienone is 1. The lowest BCUT2D eigenvalue weighted by Crippen LogP contribution is -2.52. The molecule has 0 N–H and O–H groups in total. The Morgan fingerprint density at radius 3 is 2.39 bits per heavy atom.